The third-order valence-electron chi connectivity index (χ3n) is 3.69. The highest BCUT2D eigenvalue weighted by atomic mass is 79.9. The van der Waals surface area contributed by atoms with E-state index in [4.69, 9.17) is 5.26 Å². The molecule has 0 saturated heterocycles. The van der Waals surface area contributed by atoms with Gasteiger partial charge in [-0.25, -0.2) is 9.97 Å². The molecule has 1 N–H and O–H groups in total. The molecule has 136 valence electrons. The second-order valence-corrected chi connectivity index (χ2v) is 7.63. The van der Waals surface area contributed by atoms with E-state index in [-0.39, 0.29) is 5.91 Å². The first-order valence-electron chi connectivity index (χ1n) is 7.94. The highest BCUT2D eigenvalue weighted by Gasteiger charge is 2.20. The van der Waals surface area contributed by atoms with Crippen LogP contribution in [0.2, 0.25) is 0 Å². The molecular formula is C18H14Br2N6O. The van der Waals surface area contributed by atoms with E-state index in [1.807, 2.05) is 19.1 Å². The van der Waals surface area contributed by atoms with E-state index < -0.39 is 6.04 Å². The van der Waals surface area contributed by atoms with Gasteiger partial charge in [-0.05, 0) is 44.2 Å². The van der Waals surface area contributed by atoms with Crippen molar-refractivity contribution in [3.05, 3.63) is 68.2 Å². The number of hydrogen-bond acceptors (Lipinski definition) is 5. The lowest BCUT2D eigenvalue weighted by Crippen LogP contribution is -2.28. The SMILES string of the molecule is Cc1nc([C@H](C)NC(=O)c2cc(Br)cc(Br)c2)n(-c2ccc(C#N)cn2)n1. The van der Waals surface area contributed by atoms with E-state index in [0.717, 1.165) is 8.95 Å². The lowest BCUT2D eigenvalue weighted by atomic mass is 10.2. The van der Waals surface area contributed by atoms with Crippen molar-refractivity contribution in [2.75, 3.05) is 0 Å². The first-order valence-corrected chi connectivity index (χ1v) is 9.53. The van der Waals surface area contributed by atoms with Crippen LogP contribution in [-0.4, -0.2) is 25.7 Å². The molecule has 2 heterocycles. The van der Waals surface area contributed by atoms with Crippen molar-refractivity contribution in [2.45, 2.75) is 19.9 Å². The lowest BCUT2D eigenvalue weighted by Gasteiger charge is -2.14. The Labute approximate surface area is 172 Å². The number of nitrogens with one attached hydrogen (secondary N) is 1. The summed E-state index contributed by atoms with van der Waals surface area (Å²) >= 11 is 6.76. The maximum atomic E-state index is 12.6. The van der Waals surface area contributed by atoms with Crippen LogP contribution >= 0.6 is 31.9 Å². The van der Waals surface area contributed by atoms with Gasteiger partial charge in [0.25, 0.3) is 5.91 Å². The molecule has 9 heteroatoms. The Balaban J connectivity index is 1.87. The topological polar surface area (TPSA) is 96.5 Å². The van der Waals surface area contributed by atoms with Gasteiger partial charge in [-0.1, -0.05) is 31.9 Å². The molecule has 0 fully saturated rings. The first kappa shape index (κ1) is 19.2. The predicted octanol–water partition coefficient (Wildman–Crippen LogP) is 3.86. The monoisotopic (exact) mass is 488 g/mol. The van der Waals surface area contributed by atoms with Crippen LogP contribution in [0, 0.1) is 18.3 Å². The summed E-state index contributed by atoms with van der Waals surface area (Å²) in [5.41, 5.74) is 0.973. The van der Waals surface area contributed by atoms with Crippen molar-refractivity contribution in [3.63, 3.8) is 0 Å². The number of amides is 1. The molecule has 0 saturated carbocycles. The fourth-order valence-electron chi connectivity index (χ4n) is 2.49. The number of nitriles is 1. The fraction of sp³-hybridized carbons (Fsp3) is 0.167. The van der Waals surface area contributed by atoms with Gasteiger partial charge < -0.3 is 5.32 Å². The predicted molar refractivity (Wildman–Crippen MR) is 106 cm³/mol. The minimum atomic E-state index is -0.408. The Morgan fingerprint density at radius 2 is 1.96 bits per heavy atom. The summed E-state index contributed by atoms with van der Waals surface area (Å²) in [6.45, 7) is 3.60. The molecule has 2 aromatic heterocycles. The van der Waals surface area contributed by atoms with Gasteiger partial charge in [-0.2, -0.15) is 9.94 Å². The molecule has 0 aliphatic rings. The van der Waals surface area contributed by atoms with E-state index in [9.17, 15) is 4.79 Å². The van der Waals surface area contributed by atoms with Crippen LogP contribution in [0.25, 0.3) is 5.82 Å². The molecule has 0 radical (unpaired) electrons. The van der Waals surface area contributed by atoms with Gasteiger partial charge in [-0.3, -0.25) is 4.79 Å². The van der Waals surface area contributed by atoms with Gasteiger partial charge in [0, 0.05) is 20.7 Å². The molecule has 1 amide bonds. The Hall–Kier alpha value is -2.57. The van der Waals surface area contributed by atoms with Gasteiger partial charge in [0.15, 0.2) is 11.6 Å². The molecule has 0 unspecified atom stereocenters. The summed E-state index contributed by atoms with van der Waals surface area (Å²) < 4.78 is 3.17. The largest absolute Gasteiger partial charge is 0.342 e. The molecule has 3 rings (SSSR count). The number of carbonyl (C=O) groups excluding carboxylic acids is 1. The molecule has 27 heavy (non-hydrogen) atoms. The third kappa shape index (κ3) is 4.40. The zero-order chi connectivity index (χ0) is 19.6. The van der Waals surface area contributed by atoms with Crippen molar-refractivity contribution >= 4 is 37.8 Å². The molecular weight excluding hydrogens is 476 g/mol. The number of aromatic nitrogens is 4. The molecule has 7 nitrogen and oxygen atoms in total. The lowest BCUT2D eigenvalue weighted by molar-refractivity contribution is 0.0937. The molecule has 0 aliphatic heterocycles. The van der Waals surface area contributed by atoms with Crippen molar-refractivity contribution in [3.8, 4) is 11.9 Å². The molecule has 1 atom stereocenters. The highest BCUT2D eigenvalue weighted by molar-refractivity contribution is 9.11. The second-order valence-electron chi connectivity index (χ2n) is 5.80. The number of carbonyl (C=O) groups is 1. The van der Waals surface area contributed by atoms with Crippen LogP contribution < -0.4 is 5.32 Å². The van der Waals surface area contributed by atoms with Gasteiger partial charge in [-0.15, -0.1) is 5.10 Å². The van der Waals surface area contributed by atoms with Crippen LogP contribution in [0.4, 0.5) is 0 Å². The van der Waals surface area contributed by atoms with Gasteiger partial charge >= 0.3 is 0 Å². The number of halogens is 2. The standard InChI is InChI=1S/C18H14Br2N6O/c1-10(23-18(27)13-5-14(19)7-15(20)6-13)17-24-11(2)25-26(17)16-4-3-12(8-21)9-22-16/h3-7,9-10H,1-2H3,(H,23,27)/t10-/m0/s1. The molecule has 0 aliphatic carbocycles. The van der Waals surface area contributed by atoms with Crippen LogP contribution in [0.3, 0.4) is 0 Å². The van der Waals surface area contributed by atoms with Crippen molar-refractivity contribution in [1.29, 1.82) is 5.26 Å². The first-order chi connectivity index (χ1) is 12.9. The molecule has 0 bridgehead atoms. The molecule has 1 aromatic carbocycles. The van der Waals surface area contributed by atoms with Crippen molar-refractivity contribution in [1.82, 2.24) is 25.1 Å². The van der Waals surface area contributed by atoms with Crippen molar-refractivity contribution < 1.29 is 4.79 Å². The van der Waals surface area contributed by atoms with E-state index >= 15 is 0 Å². The molecule has 0 spiro atoms. The number of aryl methyl sites for hydroxylation is 1. The van der Waals surface area contributed by atoms with Crippen LogP contribution in [0.1, 0.15) is 40.5 Å². The summed E-state index contributed by atoms with van der Waals surface area (Å²) in [6, 6.07) is 10.3. The van der Waals surface area contributed by atoms with E-state index in [1.165, 1.54) is 6.20 Å². The Kier molecular flexibility index (Phi) is 5.68. The Morgan fingerprint density at radius 1 is 1.26 bits per heavy atom. The number of pyridine rings is 1. The van der Waals surface area contributed by atoms with E-state index in [0.29, 0.717) is 28.6 Å². The van der Waals surface area contributed by atoms with Crippen LogP contribution in [0.15, 0.2) is 45.5 Å². The fourth-order valence-corrected chi connectivity index (χ4v) is 3.78. The summed E-state index contributed by atoms with van der Waals surface area (Å²) in [5, 5.41) is 16.2. The minimum Gasteiger partial charge on any atom is -0.342 e. The number of benzene rings is 1. The summed E-state index contributed by atoms with van der Waals surface area (Å²) in [7, 11) is 0. The number of hydrogen-bond donors (Lipinski definition) is 1. The summed E-state index contributed by atoms with van der Waals surface area (Å²) in [5.74, 6) is 1.40. The van der Waals surface area contributed by atoms with Gasteiger partial charge in [0.05, 0.1) is 11.6 Å². The number of rotatable bonds is 4. The Morgan fingerprint density at radius 3 is 2.56 bits per heavy atom. The second kappa shape index (κ2) is 7.98. The minimum absolute atomic E-state index is 0.232. The van der Waals surface area contributed by atoms with Gasteiger partial charge in [0.2, 0.25) is 0 Å². The van der Waals surface area contributed by atoms with E-state index in [1.54, 1.807) is 35.9 Å². The van der Waals surface area contributed by atoms with Crippen molar-refractivity contribution in [2.24, 2.45) is 0 Å². The van der Waals surface area contributed by atoms with Crippen LogP contribution in [0.5, 0.6) is 0 Å². The van der Waals surface area contributed by atoms with Crippen LogP contribution in [-0.2, 0) is 0 Å². The van der Waals surface area contributed by atoms with E-state index in [2.05, 4.69) is 52.2 Å². The average Bonchev–Trinajstić information content (AvgIpc) is 3.03. The zero-order valence-corrected chi connectivity index (χ0v) is 17.6. The Bertz CT molecular complexity index is 1020. The third-order valence-corrected chi connectivity index (χ3v) is 4.61. The highest BCUT2D eigenvalue weighted by Crippen LogP contribution is 2.21. The molecule has 3 aromatic rings. The van der Waals surface area contributed by atoms with Gasteiger partial charge in [0.1, 0.15) is 11.9 Å². The maximum Gasteiger partial charge on any atom is 0.251 e. The number of nitrogens with zero attached hydrogens (tertiary/aromatic N) is 5. The summed E-state index contributed by atoms with van der Waals surface area (Å²) in [6.07, 6.45) is 1.47. The quantitative estimate of drug-likeness (QED) is 0.600. The average molecular weight is 490 g/mol. The normalized spacial score (nSPS) is 11.7. The zero-order valence-electron chi connectivity index (χ0n) is 14.4. The summed E-state index contributed by atoms with van der Waals surface area (Å²) in [4.78, 5) is 21.3. The maximum absolute atomic E-state index is 12.6. The smallest absolute Gasteiger partial charge is 0.251 e.